The van der Waals surface area contributed by atoms with Crippen LogP contribution in [0.25, 0.3) is 0 Å². The van der Waals surface area contributed by atoms with Gasteiger partial charge in [-0.1, -0.05) is 19.9 Å². The Kier molecular flexibility index (Phi) is 6.51. The van der Waals surface area contributed by atoms with Gasteiger partial charge in [-0.15, -0.1) is 0 Å². The number of methoxy groups -OCH3 is 1. The number of pyridine rings is 1. The van der Waals surface area contributed by atoms with E-state index in [0.717, 1.165) is 5.56 Å². The summed E-state index contributed by atoms with van der Waals surface area (Å²) in [7, 11) is 1.57. The Balaban J connectivity index is 1.98. The van der Waals surface area contributed by atoms with Gasteiger partial charge >= 0.3 is 0 Å². The number of carbonyl (C=O) groups is 2. The molecule has 0 saturated heterocycles. The van der Waals surface area contributed by atoms with E-state index >= 15 is 0 Å². The van der Waals surface area contributed by atoms with E-state index in [1.165, 1.54) is 0 Å². The largest absolute Gasteiger partial charge is 0.497 e. The van der Waals surface area contributed by atoms with E-state index in [9.17, 15) is 9.59 Å². The van der Waals surface area contributed by atoms with E-state index in [1.807, 2.05) is 26.0 Å². The van der Waals surface area contributed by atoms with Crippen molar-refractivity contribution in [2.24, 2.45) is 5.92 Å². The number of nitrogens with one attached hydrogen (secondary N) is 2. The lowest BCUT2D eigenvalue weighted by Crippen LogP contribution is -2.49. The van der Waals surface area contributed by atoms with Crippen molar-refractivity contribution in [1.29, 1.82) is 0 Å². The molecule has 1 unspecified atom stereocenters. The summed E-state index contributed by atoms with van der Waals surface area (Å²) >= 11 is 0. The minimum Gasteiger partial charge on any atom is -0.497 e. The van der Waals surface area contributed by atoms with Gasteiger partial charge in [0.25, 0.3) is 5.91 Å². The molecule has 25 heavy (non-hydrogen) atoms. The van der Waals surface area contributed by atoms with Gasteiger partial charge in [-0.05, 0) is 41.8 Å². The Morgan fingerprint density at radius 1 is 1.16 bits per heavy atom. The molecule has 0 bridgehead atoms. The highest BCUT2D eigenvalue weighted by Crippen LogP contribution is 2.12. The molecule has 2 aromatic rings. The summed E-state index contributed by atoms with van der Waals surface area (Å²) in [6, 6.07) is 9.83. The van der Waals surface area contributed by atoms with Crippen LogP contribution in [0.4, 0.5) is 0 Å². The van der Waals surface area contributed by atoms with E-state index < -0.39 is 6.04 Å². The van der Waals surface area contributed by atoms with Crippen molar-refractivity contribution in [2.45, 2.75) is 26.4 Å². The molecule has 0 aliphatic heterocycles. The Bertz CT molecular complexity index is 700. The molecule has 0 saturated carbocycles. The number of aromatic nitrogens is 1. The molecule has 2 rings (SSSR count). The van der Waals surface area contributed by atoms with E-state index in [2.05, 4.69) is 15.6 Å². The lowest BCUT2D eigenvalue weighted by molar-refractivity contribution is -0.124. The minimum absolute atomic E-state index is 0.0453. The molecule has 0 aliphatic rings. The van der Waals surface area contributed by atoms with Crippen molar-refractivity contribution in [1.82, 2.24) is 15.6 Å². The molecule has 1 atom stereocenters. The predicted octanol–water partition coefficient (Wildman–Crippen LogP) is 2.16. The van der Waals surface area contributed by atoms with Gasteiger partial charge in [0, 0.05) is 24.5 Å². The molecule has 0 aliphatic carbocycles. The molecule has 6 nitrogen and oxygen atoms in total. The molecule has 2 N–H and O–H groups in total. The zero-order valence-corrected chi connectivity index (χ0v) is 14.7. The van der Waals surface area contributed by atoms with Crippen LogP contribution in [0.15, 0.2) is 48.8 Å². The third-order valence-electron chi connectivity index (χ3n) is 3.78. The maximum atomic E-state index is 12.5. The van der Waals surface area contributed by atoms with Gasteiger partial charge in [-0.2, -0.15) is 0 Å². The molecular formula is C19H23N3O3. The fourth-order valence-corrected chi connectivity index (χ4v) is 2.30. The minimum atomic E-state index is -0.619. The van der Waals surface area contributed by atoms with Crippen molar-refractivity contribution < 1.29 is 14.3 Å². The highest BCUT2D eigenvalue weighted by atomic mass is 16.5. The van der Waals surface area contributed by atoms with Crippen LogP contribution in [0.2, 0.25) is 0 Å². The monoisotopic (exact) mass is 341 g/mol. The highest BCUT2D eigenvalue weighted by molar-refractivity contribution is 5.97. The first-order valence-electron chi connectivity index (χ1n) is 8.12. The molecule has 132 valence electrons. The van der Waals surface area contributed by atoms with Gasteiger partial charge in [-0.3, -0.25) is 14.6 Å². The maximum Gasteiger partial charge on any atom is 0.251 e. The second kappa shape index (κ2) is 8.82. The van der Waals surface area contributed by atoms with Crippen molar-refractivity contribution in [3.8, 4) is 5.75 Å². The second-order valence-corrected chi connectivity index (χ2v) is 6.00. The van der Waals surface area contributed by atoms with E-state index in [4.69, 9.17) is 4.74 Å². The van der Waals surface area contributed by atoms with E-state index in [0.29, 0.717) is 17.9 Å². The number of hydrogen-bond acceptors (Lipinski definition) is 4. The molecule has 6 heteroatoms. The number of rotatable bonds is 7. The summed E-state index contributed by atoms with van der Waals surface area (Å²) in [6.07, 6.45) is 3.37. The normalized spacial score (nSPS) is 11.7. The molecule has 1 aromatic carbocycles. The topological polar surface area (TPSA) is 80.3 Å². The molecular weight excluding hydrogens is 318 g/mol. The number of hydrogen-bond donors (Lipinski definition) is 2. The number of amides is 2. The van der Waals surface area contributed by atoms with Crippen LogP contribution in [0.5, 0.6) is 5.75 Å². The van der Waals surface area contributed by atoms with Gasteiger partial charge in [0.15, 0.2) is 0 Å². The van der Waals surface area contributed by atoms with Crippen LogP contribution < -0.4 is 15.4 Å². The summed E-state index contributed by atoms with van der Waals surface area (Å²) in [6.45, 7) is 4.15. The summed E-state index contributed by atoms with van der Waals surface area (Å²) in [5, 5.41) is 5.64. The Morgan fingerprint density at radius 2 is 1.88 bits per heavy atom. The Hall–Kier alpha value is -2.89. The summed E-state index contributed by atoms with van der Waals surface area (Å²) in [4.78, 5) is 28.9. The van der Waals surface area contributed by atoms with Crippen LogP contribution in [0.3, 0.4) is 0 Å². The van der Waals surface area contributed by atoms with E-state index in [-0.39, 0.29) is 17.7 Å². The fraction of sp³-hybridized carbons (Fsp3) is 0.316. The van der Waals surface area contributed by atoms with Crippen molar-refractivity contribution in [2.75, 3.05) is 7.11 Å². The van der Waals surface area contributed by atoms with Crippen LogP contribution in [0.1, 0.15) is 29.8 Å². The molecule has 0 spiro atoms. The van der Waals surface area contributed by atoms with Gasteiger partial charge in [0.2, 0.25) is 5.91 Å². The van der Waals surface area contributed by atoms with Crippen molar-refractivity contribution in [3.05, 3.63) is 59.9 Å². The summed E-state index contributed by atoms with van der Waals surface area (Å²) < 4.78 is 5.08. The lowest BCUT2D eigenvalue weighted by Gasteiger charge is -2.22. The Labute approximate surface area is 147 Å². The second-order valence-electron chi connectivity index (χ2n) is 6.00. The number of nitrogens with zero attached hydrogens (tertiary/aromatic N) is 1. The van der Waals surface area contributed by atoms with Crippen LogP contribution in [0, 0.1) is 5.92 Å². The smallest absolute Gasteiger partial charge is 0.251 e. The average molecular weight is 341 g/mol. The molecule has 2 amide bonds. The highest BCUT2D eigenvalue weighted by Gasteiger charge is 2.24. The first kappa shape index (κ1) is 18.4. The molecule has 0 fully saturated rings. The summed E-state index contributed by atoms with van der Waals surface area (Å²) in [5.74, 6) is 0.112. The lowest BCUT2D eigenvalue weighted by atomic mass is 10.0. The summed E-state index contributed by atoms with van der Waals surface area (Å²) in [5.41, 5.74) is 1.38. The molecule has 1 aromatic heterocycles. The van der Waals surface area contributed by atoms with Gasteiger partial charge in [-0.25, -0.2) is 0 Å². The predicted molar refractivity (Wildman–Crippen MR) is 95.2 cm³/mol. The molecule has 0 radical (unpaired) electrons. The van der Waals surface area contributed by atoms with Crippen molar-refractivity contribution >= 4 is 11.8 Å². The quantitative estimate of drug-likeness (QED) is 0.809. The Morgan fingerprint density at radius 3 is 2.44 bits per heavy atom. The van der Waals surface area contributed by atoms with Crippen molar-refractivity contribution in [3.63, 3.8) is 0 Å². The zero-order chi connectivity index (χ0) is 18.2. The average Bonchev–Trinajstić information content (AvgIpc) is 2.64. The van der Waals surface area contributed by atoms with Crippen LogP contribution in [-0.2, 0) is 11.3 Å². The van der Waals surface area contributed by atoms with Gasteiger partial charge in [0.1, 0.15) is 11.8 Å². The first-order chi connectivity index (χ1) is 12.0. The standard InChI is InChI=1S/C19H23N3O3/c1-13(2)17(19(24)21-12-14-5-4-10-20-11-14)22-18(23)15-6-8-16(25-3)9-7-15/h4-11,13,17H,12H2,1-3H3,(H,21,24)(H,22,23). The third kappa shape index (κ3) is 5.31. The fourth-order valence-electron chi connectivity index (χ4n) is 2.30. The SMILES string of the molecule is COc1ccc(C(=O)NC(C(=O)NCc2cccnc2)C(C)C)cc1. The number of carbonyl (C=O) groups excluding carboxylic acids is 2. The third-order valence-corrected chi connectivity index (χ3v) is 3.78. The van der Waals surface area contributed by atoms with Crippen LogP contribution in [-0.4, -0.2) is 29.9 Å². The zero-order valence-electron chi connectivity index (χ0n) is 14.7. The number of benzene rings is 1. The van der Waals surface area contributed by atoms with Crippen LogP contribution >= 0.6 is 0 Å². The number of ether oxygens (including phenoxy) is 1. The maximum absolute atomic E-state index is 12.5. The molecule has 1 heterocycles. The first-order valence-corrected chi connectivity index (χ1v) is 8.12. The van der Waals surface area contributed by atoms with E-state index in [1.54, 1.807) is 43.8 Å². The van der Waals surface area contributed by atoms with Gasteiger partial charge in [0.05, 0.1) is 7.11 Å². The van der Waals surface area contributed by atoms with Gasteiger partial charge < -0.3 is 15.4 Å².